The van der Waals surface area contributed by atoms with E-state index in [0.29, 0.717) is 11.5 Å². The van der Waals surface area contributed by atoms with Crippen molar-refractivity contribution in [3.63, 3.8) is 0 Å². The molecule has 1 aliphatic rings. The van der Waals surface area contributed by atoms with Crippen LogP contribution in [0.15, 0.2) is 30.3 Å². The fourth-order valence-electron chi connectivity index (χ4n) is 2.44. The number of carbonyl (C=O) groups excluding carboxylic acids is 1. The molecule has 0 amide bonds. The second-order valence-electron chi connectivity index (χ2n) is 5.39. The second kappa shape index (κ2) is 6.02. The molecule has 0 atom stereocenters. The van der Waals surface area contributed by atoms with Crippen molar-refractivity contribution in [3.8, 4) is 0 Å². The van der Waals surface area contributed by atoms with Gasteiger partial charge in [0.25, 0.3) is 0 Å². The van der Waals surface area contributed by atoms with E-state index in [2.05, 4.69) is 30.9 Å². The summed E-state index contributed by atoms with van der Waals surface area (Å²) in [6.07, 6.45) is 2.25. The van der Waals surface area contributed by atoms with E-state index in [1.54, 1.807) is 6.07 Å². The highest BCUT2D eigenvalue weighted by Crippen LogP contribution is 2.22. The lowest BCUT2D eigenvalue weighted by Crippen LogP contribution is -2.25. The Hall–Kier alpha value is -1.61. The van der Waals surface area contributed by atoms with Gasteiger partial charge in [-0.05, 0) is 29.2 Å². The number of nitrogens with zero attached hydrogens (tertiary/aromatic N) is 1. The summed E-state index contributed by atoms with van der Waals surface area (Å²) in [5.41, 5.74) is 3.03. The van der Waals surface area contributed by atoms with Gasteiger partial charge in [-0.1, -0.05) is 32.1 Å². The van der Waals surface area contributed by atoms with Crippen LogP contribution >= 0.6 is 0 Å². The predicted octanol–water partition coefficient (Wildman–Crippen LogP) is 2.83. The Morgan fingerprint density at radius 1 is 1.42 bits per heavy atom. The van der Waals surface area contributed by atoms with Crippen molar-refractivity contribution in [3.05, 3.63) is 41.5 Å². The lowest BCUT2D eigenvalue weighted by molar-refractivity contribution is 0.0600. The van der Waals surface area contributed by atoms with Gasteiger partial charge >= 0.3 is 5.97 Å². The first-order chi connectivity index (χ1) is 9.10. The first-order valence-electron chi connectivity index (χ1n) is 6.70. The van der Waals surface area contributed by atoms with E-state index < -0.39 is 0 Å². The minimum atomic E-state index is -0.278. The summed E-state index contributed by atoms with van der Waals surface area (Å²) in [6, 6.07) is 7.66. The fourth-order valence-corrected chi connectivity index (χ4v) is 2.44. The lowest BCUT2D eigenvalue weighted by atomic mass is 10.0. The van der Waals surface area contributed by atoms with Crippen LogP contribution < -0.4 is 0 Å². The van der Waals surface area contributed by atoms with Gasteiger partial charge in [-0.2, -0.15) is 0 Å². The average Bonchev–Trinajstić information content (AvgIpc) is 2.85. The number of hydrogen-bond donors (Lipinski definition) is 0. The maximum absolute atomic E-state index is 11.5. The molecule has 0 radical (unpaired) electrons. The van der Waals surface area contributed by atoms with E-state index in [-0.39, 0.29) is 5.97 Å². The Bertz CT molecular complexity index is 491. The zero-order valence-corrected chi connectivity index (χ0v) is 11.8. The third-order valence-electron chi connectivity index (χ3n) is 3.27. The van der Waals surface area contributed by atoms with Crippen molar-refractivity contribution in [1.82, 2.24) is 4.90 Å². The first-order valence-corrected chi connectivity index (χ1v) is 6.70. The molecule has 3 nitrogen and oxygen atoms in total. The molecular weight excluding hydrogens is 238 g/mol. The molecule has 2 rings (SSSR count). The summed E-state index contributed by atoms with van der Waals surface area (Å²) in [5.74, 6) is 0.397. The number of benzene rings is 1. The smallest absolute Gasteiger partial charge is 0.337 e. The van der Waals surface area contributed by atoms with Crippen molar-refractivity contribution < 1.29 is 9.53 Å². The van der Waals surface area contributed by atoms with E-state index in [4.69, 9.17) is 4.74 Å². The SMILES string of the molecule is COC(=O)c1cccc(C2=CCN(CC(C)C)C2)c1. The van der Waals surface area contributed by atoms with Gasteiger partial charge in [0, 0.05) is 19.6 Å². The third-order valence-corrected chi connectivity index (χ3v) is 3.27. The minimum absolute atomic E-state index is 0.278. The van der Waals surface area contributed by atoms with Crippen LogP contribution in [0.1, 0.15) is 29.8 Å². The molecule has 1 aromatic rings. The normalized spacial score (nSPS) is 15.7. The minimum Gasteiger partial charge on any atom is -0.465 e. The van der Waals surface area contributed by atoms with Gasteiger partial charge in [-0.25, -0.2) is 4.79 Å². The van der Waals surface area contributed by atoms with Crippen molar-refractivity contribution in [2.24, 2.45) is 5.92 Å². The molecule has 0 saturated heterocycles. The molecule has 0 aliphatic carbocycles. The molecule has 0 fully saturated rings. The molecule has 19 heavy (non-hydrogen) atoms. The number of carbonyl (C=O) groups is 1. The molecule has 0 bridgehead atoms. The molecule has 0 spiro atoms. The standard InChI is InChI=1S/C16H21NO2/c1-12(2)10-17-8-7-15(11-17)13-5-4-6-14(9-13)16(18)19-3/h4-7,9,12H,8,10-11H2,1-3H3. The molecule has 1 aromatic carbocycles. The second-order valence-corrected chi connectivity index (χ2v) is 5.39. The van der Waals surface area contributed by atoms with E-state index in [9.17, 15) is 4.79 Å². The third kappa shape index (κ3) is 3.44. The van der Waals surface area contributed by atoms with Gasteiger partial charge in [0.1, 0.15) is 0 Å². The van der Waals surface area contributed by atoms with Gasteiger partial charge in [-0.15, -0.1) is 0 Å². The maximum atomic E-state index is 11.5. The zero-order chi connectivity index (χ0) is 13.8. The van der Waals surface area contributed by atoms with Crippen LogP contribution in [0.4, 0.5) is 0 Å². The van der Waals surface area contributed by atoms with Crippen LogP contribution in [-0.2, 0) is 4.74 Å². The number of methoxy groups -OCH3 is 1. The molecule has 1 aliphatic heterocycles. The first kappa shape index (κ1) is 13.8. The number of rotatable bonds is 4. The Labute approximate surface area is 114 Å². The molecule has 1 heterocycles. The van der Waals surface area contributed by atoms with Crippen LogP contribution in [0.2, 0.25) is 0 Å². The monoisotopic (exact) mass is 259 g/mol. The van der Waals surface area contributed by atoms with Crippen LogP contribution in [-0.4, -0.2) is 37.6 Å². The van der Waals surface area contributed by atoms with Crippen LogP contribution in [0.5, 0.6) is 0 Å². The maximum Gasteiger partial charge on any atom is 0.337 e. The zero-order valence-electron chi connectivity index (χ0n) is 11.8. The van der Waals surface area contributed by atoms with Crippen molar-refractivity contribution >= 4 is 11.5 Å². The van der Waals surface area contributed by atoms with E-state index in [1.165, 1.54) is 12.7 Å². The van der Waals surface area contributed by atoms with Crippen molar-refractivity contribution in [2.45, 2.75) is 13.8 Å². The van der Waals surface area contributed by atoms with Crippen LogP contribution in [0, 0.1) is 5.92 Å². The van der Waals surface area contributed by atoms with Gasteiger partial charge in [0.15, 0.2) is 0 Å². The molecule has 102 valence electrons. The Kier molecular flexibility index (Phi) is 4.38. The summed E-state index contributed by atoms with van der Waals surface area (Å²) in [7, 11) is 1.41. The number of hydrogen-bond acceptors (Lipinski definition) is 3. The summed E-state index contributed by atoms with van der Waals surface area (Å²) in [6.45, 7) is 7.53. The predicted molar refractivity (Wildman–Crippen MR) is 77.0 cm³/mol. The highest BCUT2D eigenvalue weighted by Gasteiger charge is 2.17. The molecule has 0 aromatic heterocycles. The average molecular weight is 259 g/mol. The molecule has 0 unspecified atom stereocenters. The molecular formula is C16H21NO2. The molecule has 0 N–H and O–H groups in total. The van der Waals surface area contributed by atoms with E-state index >= 15 is 0 Å². The summed E-state index contributed by atoms with van der Waals surface area (Å²) < 4.78 is 4.76. The summed E-state index contributed by atoms with van der Waals surface area (Å²) >= 11 is 0. The lowest BCUT2D eigenvalue weighted by Gasteiger charge is -2.18. The summed E-state index contributed by atoms with van der Waals surface area (Å²) in [5, 5.41) is 0. The quantitative estimate of drug-likeness (QED) is 0.779. The fraction of sp³-hybridized carbons (Fsp3) is 0.438. The Balaban J connectivity index is 2.09. The number of esters is 1. The van der Waals surface area contributed by atoms with Crippen LogP contribution in [0.25, 0.3) is 5.57 Å². The highest BCUT2D eigenvalue weighted by molar-refractivity contribution is 5.90. The molecule has 3 heteroatoms. The van der Waals surface area contributed by atoms with E-state index in [0.717, 1.165) is 25.2 Å². The Morgan fingerprint density at radius 2 is 2.21 bits per heavy atom. The van der Waals surface area contributed by atoms with Gasteiger partial charge in [0.05, 0.1) is 12.7 Å². The molecule has 0 saturated carbocycles. The van der Waals surface area contributed by atoms with Gasteiger partial charge < -0.3 is 4.74 Å². The van der Waals surface area contributed by atoms with E-state index in [1.807, 2.05) is 12.1 Å². The largest absolute Gasteiger partial charge is 0.465 e. The summed E-state index contributed by atoms with van der Waals surface area (Å²) in [4.78, 5) is 14.0. The topological polar surface area (TPSA) is 29.5 Å². The highest BCUT2D eigenvalue weighted by atomic mass is 16.5. The van der Waals surface area contributed by atoms with Crippen molar-refractivity contribution in [1.29, 1.82) is 0 Å². The van der Waals surface area contributed by atoms with Crippen LogP contribution in [0.3, 0.4) is 0 Å². The van der Waals surface area contributed by atoms with Crippen molar-refractivity contribution in [2.75, 3.05) is 26.7 Å². The van der Waals surface area contributed by atoms with Gasteiger partial charge in [0.2, 0.25) is 0 Å². The van der Waals surface area contributed by atoms with Gasteiger partial charge in [-0.3, -0.25) is 4.90 Å². The number of ether oxygens (including phenoxy) is 1. The Morgan fingerprint density at radius 3 is 2.89 bits per heavy atom.